The molecule has 2 atom stereocenters. The summed E-state index contributed by atoms with van der Waals surface area (Å²) < 4.78 is 6.09. The van der Waals surface area contributed by atoms with Crippen molar-refractivity contribution < 1.29 is 4.74 Å². The van der Waals surface area contributed by atoms with Gasteiger partial charge >= 0.3 is 0 Å². The summed E-state index contributed by atoms with van der Waals surface area (Å²) in [5, 5.41) is 3.68. The summed E-state index contributed by atoms with van der Waals surface area (Å²) in [7, 11) is 0. The Morgan fingerprint density at radius 2 is 1.56 bits per heavy atom. The number of nitrogens with one attached hydrogen (secondary N) is 1. The Bertz CT molecular complexity index is 220. The first-order chi connectivity index (χ1) is 6.92. The topological polar surface area (TPSA) is 21.3 Å². The summed E-state index contributed by atoms with van der Waals surface area (Å²) in [5.41, 5.74) is 0.393. The van der Waals surface area contributed by atoms with Crippen molar-refractivity contribution in [1.29, 1.82) is 0 Å². The lowest BCUT2D eigenvalue weighted by molar-refractivity contribution is -0.175. The van der Waals surface area contributed by atoms with Gasteiger partial charge in [-0.25, -0.2) is 0 Å². The second-order valence-electron chi connectivity index (χ2n) is 7.72. The Labute approximate surface area is 101 Å². The molecule has 0 heterocycles. The van der Waals surface area contributed by atoms with Gasteiger partial charge in [0.1, 0.15) is 0 Å². The highest BCUT2D eigenvalue weighted by atomic mass is 16.5. The summed E-state index contributed by atoms with van der Waals surface area (Å²) >= 11 is 0. The van der Waals surface area contributed by atoms with Gasteiger partial charge in [-0.2, -0.15) is 0 Å². The van der Waals surface area contributed by atoms with E-state index in [-0.39, 0.29) is 16.6 Å². The zero-order chi connectivity index (χ0) is 12.8. The van der Waals surface area contributed by atoms with E-state index in [9.17, 15) is 0 Å². The highest BCUT2D eigenvalue weighted by Crippen LogP contribution is 2.45. The van der Waals surface area contributed by atoms with Crippen LogP contribution in [0, 0.1) is 5.41 Å². The third-order valence-electron chi connectivity index (χ3n) is 3.28. The van der Waals surface area contributed by atoms with Crippen LogP contribution in [0.15, 0.2) is 0 Å². The number of hydrogen-bond acceptors (Lipinski definition) is 2. The molecule has 0 unspecified atom stereocenters. The first kappa shape index (κ1) is 14.0. The lowest BCUT2D eigenvalue weighted by Gasteiger charge is -2.55. The van der Waals surface area contributed by atoms with Crippen LogP contribution in [0.3, 0.4) is 0 Å². The molecule has 1 aliphatic rings. The Hall–Kier alpha value is -0.0800. The van der Waals surface area contributed by atoms with Gasteiger partial charge in [-0.1, -0.05) is 13.8 Å². The van der Waals surface area contributed by atoms with E-state index < -0.39 is 0 Å². The van der Waals surface area contributed by atoms with Crippen molar-refractivity contribution in [1.82, 2.24) is 5.32 Å². The zero-order valence-corrected chi connectivity index (χ0v) is 12.3. The van der Waals surface area contributed by atoms with Gasteiger partial charge in [-0.3, -0.25) is 0 Å². The van der Waals surface area contributed by atoms with Gasteiger partial charge in [-0.15, -0.1) is 0 Å². The van der Waals surface area contributed by atoms with E-state index >= 15 is 0 Å². The fourth-order valence-electron chi connectivity index (χ4n) is 2.28. The van der Waals surface area contributed by atoms with E-state index in [0.717, 1.165) is 6.42 Å². The molecule has 0 aromatic carbocycles. The Morgan fingerprint density at radius 1 is 1.06 bits per heavy atom. The van der Waals surface area contributed by atoms with Crippen LogP contribution in [0.5, 0.6) is 0 Å². The molecule has 1 rings (SSSR count). The Balaban J connectivity index is 2.54. The predicted molar refractivity (Wildman–Crippen MR) is 69.7 cm³/mol. The maximum atomic E-state index is 6.09. The van der Waals surface area contributed by atoms with Crippen LogP contribution in [0.2, 0.25) is 0 Å². The van der Waals surface area contributed by atoms with E-state index in [2.05, 4.69) is 60.7 Å². The van der Waals surface area contributed by atoms with E-state index in [0.29, 0.717) is 12.1 Å². The maximum absolute atomic E-state index is 6.09. The standard InChI is InChI=1S/C14H29NO/c1-12(2,3)15-10-9-11(14(10,7)8)16-13(4,5)6/h10-11,15H,9H2,1-8H3/t10-,11+/m1/s1. The van der Waals surface area contributed by atoms with Crippen molar-refractivity contribution in [2.75, 3.05) is 0 Å². The van der Waals surface area contributed by atoms with Crippen LogP contribution < -0.4 is 5.32 Å². The molecular weight excluding hydrogens is 198 g/mol. The van der Waals surface area contributed by atoms with E-state index in [4.69, 9.17) is 4.74 Å². The third-order valence-corrected chi connectivity index (χ3v) is 3.28. The summed E-state index contributed by atoms with van der Waals surface area (Å²) in [6.07, 6.45) is 1.51. The van der Waals surface area contributed by atoms with Crippen molar-refractivity contribution >= 4 is 0 Å². The largest absolute Gasteiger partial charge is 0.372 e. The molecule has 1 N–H and O–H groups in total. The Morgan fingerprint density at radius 3 is 1.88 bits per heavy atom. The summed E-state index contributed by atoms with van der Waals surface area (Å²) in [6.45, 7) is 17.7. The smallest absolute Gasteiger partial charge is 0.0663 e. The molecule has 0 aromatic heterocycles. The minimum absolute atomic E-state index is 0.0331. The maximum Gasteiger partial charge on any atom is 0.0663 e. The Kier molecular flexibility index (Phi) is 3.49. The van der Waals surface area contributed by atoms with Crippen LogP contribution in [-0.2, 0) is 4.74 Å². The molecule has 1 fully saturated rings. The van der Waals surface area contributed by atoms with Gasteiger partial charge < -0.3 is 10.1 Å². The van der Waals surface area contributed by atoms with Gasteiger partial charge in [0.2, 0.25) is 0 Å². The van der Waals surface area contributed by atoms with E-state index in [1.54, 1.807) is 0 Å². The average molecular weight is 227 g/mol. The molecule has 1 aliphatic carbocycles. The lowest BCUT2D eigenvalue weighted by Crippen LogP contribution is -2.65. The second kappa shape index (κ2) is 3.99. The molecule has 0 aromatic rings. The van der Waals surface area contributed by atoms with Crippen LogP contribution >= 0.6 is 0 Å². The molecule has 0 saturated heterocycles. The van der Waals surface area contributed by atoms with Gasteiger partial charge in [0, 0.05) is 17.0 Å². The quantitative estimate of drug-likeness (QED) is 0.781. The van der Waals surface area contributed by atoms with Gasteiger partial charge in [-0.05, 0) is 48.0 Å². The molecule has 2 heteroatoms. The number of ether oxygens (including phenoxy) is 1. The molecule has 0 spiro atoms. The van der Waals surface area contributed by atoms with Crippen molar-refractivity contribution in [2.24, 2.45) is 5.41 Å². The summed E-state index contributed by atoms with van der Waals surface area (Å²) in [6, 6.07) is 0.569. The van der Waals surface area contributed by atoms with Crippen LogP contribution in [0.25, 0.3) is 0 Å². The fourth-order valence-corrected chi connectivity index (χ4v) is 2.28. The molecule has 96 valence electrons. The summed E-state index contributed by atoms with van der Waals surface area (Å²) in [4.78, 5) is 0. The van der Waals surface area contributed by atoms with Crippen LogP contribution in [0.1, 0.15) is 61.8 Å². The fraction of sp³-hybridized carbons (Fsp3) is 1.00. The van der Waals surface area contributed by atoms with Crippen molar-refractivity contribution in [2.45, 2.75) is 85.1 Å². The average Bonchev–Trinajstić information content (AvgIpc) is 1.98. The van der Waals surface area contributed by atoms with Gasteiger partial charge in [0.25, 0.3) is 0 Å². The first-order valence-corrected chi connectivity index (χ1v) is 6.37. The normalized spacial score (nSPS) is 30.0. The van der Waals surface area contributed by atoms with E-state index in [1.165, 1.54) is 0 Å². The minimum atomic E-state index is -0.0331. The molecule has 0 aliphatic heterocycles. The van der Waals surface area contributed by atoms with Crippen LogP contribution in [-0.4, -0.2) is 23.3 Å². The minimum Gasteiger partial charge on any atom is -0.372 e. The summed E-state index contributed by atoms with van der Waals surface area (Å²) in [5.74, 6) is 0. The van der Waals surface area contributed by atoms with Crippen molar-refractivity contribution in [3.8, 4) is 0 Å². The molecule has 1 saturated carbocycles. The van der Waals surface area contributed by atoms with Gasteiger partial charge in [0.15, 0.2) is 0 Å². The SMILES string of the molecule is CC(C)(C)N[C@@H]1C[C@H](OC(C)(C)C)C1(C)C. The lowest BCUT2D eigenvalue weighted by atomic mass is 9.63. The molecule has 0 bridgehead atoms. The molecular formula is C14H29NO. The van der Waals surface area contributed by atoms with Crippen molar-refractivity contribution in [3.05, 3.63) is 0 Å². The molecule has 0 radical (unpaired) electrons. The number of hydrogen-bond donors (Lipinski definition) is 1. The van der Waals surface area contributed by atoms with Gasteiger partial charge in [0.05, 0.1) is 11.7 Å². The van der Waals surface area contributed by atoms with Crippen LogP contribution in [0.4, 0.5) is 0 Å². The molecule has 0 amide bonds. The highest BCUT2D eigenvalue weighted by molar-refractivity contribution is 5.05. The van der Waals surface area contributed by atoms with Crippen molar-refractivity contribution in [3.63, 3.8) is 0 Å². The number of rotatable bonds is 2. The molecule has 16 heavy (non-hydrogen) atoms. The third kappa shape index (κ3) is 3.46. The second-order valence-corrected chi connectivity index (χ2v) is 7.72. The van der Waals surface area contributed by atoms with E-state index in [1.807, 2.05) is 0 Å². The highest BCUT2D eigenvalue weighted by Gasteiger charge is 2.50. The first-order valence-electron chi connectivity index (χ1n) is 6.37. The monoisotopic (exact) mass is 227 g/mol. The predicted octanol–water partition coefficient (Wildman–Crippen LogP) is 3.36. The zero-order valence-electron chi connectivity index (χ0n) is 12.3. The molecule has 2 nitrogen and oxygen atoms in total.